The highest BCUT2D eigenvalue weighted by Gasteiger charge is 2.33. The first-order valence-corrected chi connectivity index (χ1v) is 9.97. The SMILES string of the molecule is COC(=O)c1cccc(-n2c(C)cc(/C=N\Nc3ccc(C(F)(F)F)cc3[N+](=O)[O-])c2C)c1C. The Morgan fingerprint density at radius 2 is 1.88 bits per heavy atom. The fraction of sp³-hybridized carbons (Fsp3) is 0.217. The van der Waals surface area contributed by atoms with Crippen molar-refractivity contribution in [3.05, 3.63) is 86.2 Å². The second-order valence-electron chi connectivity index (χ2n) is 7.46. The van der Waals surface area contributed by atoms with Gasteiger partial charge < -0.3 is 9.30 Å². The van der Waals surface area contributed by atoms with Gasteiger partial charge in [-0.1, -0.05) is 6.07 Å². The Hall–Kier alpha value is -4.15. The molecule has 0 saturated carbocycles. The van der Waals surface area contributed by atoms with Crippen molar-refractivity contribution in [3.8, 4) is 5.69 Å². The van der Waals surface area contributed by atoms with Crippen LogP contribution in [0.4, 0.5) is 24.5 Å². The van der Waals surface area contributed by atoms with Crippen LogP contribution in [0.5, 0.6) is 0 Å². The number of nitro benzene ring substituents is 1. The molecule has 11 heteroatoms. The van der Waals surface area contributed by atoms with Gasteiger partial charge in [-0.25, -0.2) is 4.79 Å². The summed E-state index contributed by atoms with van der Waals surface area (Å²) in [5.41, 5.74) is 4.61. The Morgan fingerprint density at radius 3 is 2.50 bits per heavy atom. The number of methoxy groups -OCH3 is 1. The molecule has 0 atom stereocenters. The molecule has 0 unspecified atom stereocenters. The highest BCUT2D eigenvalue weighted by Crippen LogP contribution is 2.35. The van der Waals surface area contributed by atoms with Gasteiger partial charge in [-0.05, 0) is 56.7 Å². The number of halogens is 3. The molecule has 1 N–H and O–H groups in total. The topological polar surface area (TPSA) is 98.8 Å². The molecule has 2 aromatic carbocycles. The molecular formula is C23H21F3N4O4. The number of nitrogens with one attached hydrogen (secondary N) is 1. The zero-order valence-electron chi connectivity index (χ0n) is 18.7. The molecule has 0 radical (unpaired) electrons. The van der Waals surface area contributed by atoms with Gasteiger partial charge in [-0.3, -0.25) is 15.5 Å². The summed E-state index contributed by atoms with van der Waals surface area (Å²) in [4.78, 5) is 22.4. The maximum absolute atomic E-state index is 12.9. The van der Waals surface area contributed by atoms with Crippen molar-refractivity contribution in [1.29, 1.82) is 0 Å². The van der Waals surface area contributed by atoms with Crippen molar-refractivity contribution < 1.29 is 27.6 Å². The van der Waals surface area contributed by atoms with Gasteiger partial charge in [0.15, 0.2) is 0 Å². The minimum Gasteiger partial charge on any atom is -0.465 e. The highest BCUT2D eigenvalue weighted by atomic mass is 19.4. The summed E-state index contributed by atoms with van der Waals surface area (Å²) >= 11 is 0. The Labute approximate surface area is 192 Å². The van der Waals surface area contributed by atoms with Gasteiger partial charge in [0.1, 0.15) is 5.69 Å². The van der Waals surface area contributed by atoms with Crippen molar-refractivity contribution in [1.82, 2.24) is 4.57 Å². The number of hydrazone groups is 1. The zero-order chi connectivity index (χ0) is 25.2. The number of hydrogen-bond acceptors (Lipinski definition) is 6. The summed E-state index contributed by atoms with van der Waals surface area (Å²) < 4.78 is 45.4. The molecule has 0 fully saturated rings. The molecule has 0 bridgehead atoms. The molecule has 34 heavy (non-hydrogen) atoms. The molecule has 8 nitrogen and oxygen atoms in total. The Bertz CT molecular complexity index is 1300. The van der Waals surface area contributed by atoms with Gasteiger partial charge in [-0.15, -0.1) is 0 Å². The van der Waals surface area contributed by atoms with Gasteiger partial charge in [0.25, 0.3) is 5.69 Å². The molecule has 0 aliphatic heterocycles. The molecule has 1 aromatic heterocycles. The molecule has 0 spiro atoms. The van der Waals surface area contributed by atoms with E-state index < -0.39 is 28.3 Å². The predicted molar refractivity (Wildman–Crippen MR) is 121 cm³/mol. The molecular weight excluding hydrogens is 453 g/mol. The van der Waals surface area contributed by atoms with Crippen molar-refractivity contribution in [3.63, 3.8) is 0 Å². The number of benzene rings is 2. The highest BCUT2D eigenvalue weighted by molar-refractivity contribution is 5.92. The fourth-order valence-electron chi connectivity index (χ4n) is 3.61. The van der Waals surface area contributed by atoms with Crippen LogP contribution in [-0.4, -0.2) is 28.8 Å². The number of anilines is 1. The Balaban J connectivity index is 1.93. The first-order valence-electron chi connectivity index (χ1n) is 9.97. The van der Waals surface area contributed by atoms with Gasteiger partial charge in [0.2, 0.25) is 0 Å². The summed E-state index contributed by atoms with van der Waals surface area (Å²) in [6.07, 6.45) is -3.28. The molecule has 0 amide bonds. The number of carbonyl (C=O) groups excluding carboxylic acids is 1. The second kappa shape index (κ2) is 9.38. The molecule has 0 saturated heterocycles. The van der Waals surface area contributed by atoms with Gasteiger partial charge >= 0.3 is 12.1 Å². The minimum absolute atomic E-state index is 0.176. The van der Waals surface area contributed by atoms with E-state index in [1.807, 2.05) is 30.5 Å². The third kappa shape index (κ3) is 4.77. The molecule has 178 valence electrons. The van der Waals surface area contributed by atoms with Crippen molar-refractivity contribution >= 4 is 23.6 Å². The van der Waals surface area contributed by atoms with Crippen molar-refractivity contribution in [2.24, 2.45) is 5.10 Å². The number of nitrogens with zero attached hydrogens (tertiary/aromatic N) is 3. The summed E-state index contributed by atoms with van der Waals surface area (Å²) in [5.74, 6) is -0.453. The van der Waals surface area contributed by atoms with E-state index in [4.69, 9.17) is 4.74 Å². The van der Waals surface area contributed by atoms with E-state index in [2.05, 4.69) is 10.5 Å². The van der Waals surface area contributed by atoms with E-state index in [9.17, 15) is 28.1 Å². The van der Waals surface area contributed by atoms with E-state index in [0.29, 0.717) is 17.2 Å². The van der Waals surface area contributed by atoms with Crippen molar-refractivity contribution in [2.75, 3.05) is 12.5 Å². The van der Waals surface area contributed by atoms with Gasteiger partial charge in [-0.2, -0.15) is 18.3 Å². The number of aryl methyl sites for hydroxylation is 1. The lowest BCUT2D eigenvalue weighted by Gasteiger charge is -2.15. The lowest BCUT2D eigenvalue weighted by atomic mass is 10.1. The summed E-state index contributed by atoms with van der Waals surface area (Å²) in [7, 11) is 1.31. The standard InChI is InChI=1S/C23H21F3N4O4/c1-13-10-16(15(3)29(13)20-7-5-6-18(14(20)2)22(31)34-4)12-27-28-19-9-8-17(23(24,25)26)11-21(19)30(32)33/h5-12,28H,1-4H3/b27-12-. The van der Waals surface area contributed by atoms with Crippen LogP contribution in [0.3, 0.4) is 0 Å². The summed E-state index contributed by atoms with van der Waals surface area (Å²) in [5, 5.41) is 15.2. The third-order valence-electron chi connectivity index (χ3n) is 5.33. The number of alkyl halides is 3. The fourth-order valence-corrected chi connectivity index (χ4v) is 3.61. The zero-order valence-corrected chi connectivity index (χ0v) is 18.7. The number of hydrogen-bond donors (Lipinski definition) is 1. The maximum Gasteiger partial charge on any atom is 0.416 e. The van der Waals surface area contributed by atoms with Crippen LogP contribution in [0.2, 0.25) is 0 Å². The summed E-state index contributed by atoms with van der Waals surface area (Å²) in [6.45, 7) is 5.50. The van der Waals surface area contributed by atoms with E-state index in [-0.39, 0.29) is 5.69 Å². The van der Waals surface area contributed by atoms with E-state index in [1.165, 1.54) is 13.3 Å². The number of esters is 1. The van der Waals surface area contributed by atoms with E-state index >= 15 is 0 Å². The first-order chi connectivity index (χ1) is 16.0. The predicted octanol–water partition coefficient (Wildman–Crippen LogP) is 5.56. The van der Waals surface area contributed by atoms with Gasteiger partial charge in [0, 0.05) is 28.7 Å². The van der Waals surface area contributed by atoms with Crippen LogP contribution in [0.25, 0.3) is 5.69 Å². The Morgan fingerprint density at radius 1 is 1.18 bits per heavy atom. The van der Waals surface area contributed by atoms with Crippen LogP contribution in [-0.2, 0) is 10.9 Å². The summed E-state index contributed by atoms with van der Waals surface area (Å²) in [6, 6.07) is 9.25. The Kier molecular flexibility index (Phi) is 6.75. The van der Waals surface area contributed by atoms with Crippen molar-refractivity contribution in [2.45, 2.75) is 26.9 Å². The smallest absolute Gasteiger partial charge is 0.416 e. The quantitative estimate of drug-likeness (QED) is 0.218. The number of aromatic nitrogens is 1. The van der Waals surface area contributed by atoms with Crippen LogP contribution in [0.1, 0.15) is 38.4 Å². The monoisotopic (exact) mass is 474 g/mol. The van der Waals surface area contributed by atoms with Crippen LogP contribution < -0.4 is 5.43 Å². The van der Waals surface area contributed by atoms with Crippen LogP contribution >= 0.6 is 0 Å². The van der Waals surface area contributed by atoms with Crippen LogP contribution in [0.15, 0.2) is 47.6 Å². The molecule has 3 aromatic rings. The number of ether oxygens (including phenoxy) is 1. The number of rotatable bonds is 6. The first kappa shape index (κ1) is 24.5. The largest absolute Gasteiger partial charge is 0.465 e. The number of nitro groups is 1. The maximum atomic E-state index is 12.9. The molecule has 0 aliphatic rings. The average Bonchev–Trinajstić information content (AvgIpc) is 3.05. The lowest BCUT2D eigenvalue weighted by Crippen LogP contribution is -2.09. The second-order valence-corrected chi connectivity index (χ2v) is 7.46. The van der Waals surface area contributed by atoms with Crippen LogP contribution in [0, 0.1) is 30.9 Å². The minimum atomic E-state index is -4.70. The van der Waals surface area contributed by atoms with Gasteiger partial charge in [0.05, 0.1) is 29.4 Å². The molecule has 3 rings (SSSR count). The normalized spacial score (nSPS) is 11.6. The third-order valence-corrected chi connectivity index (χ3v) is 5.33. The molecule has 0 aliphatic carbocycles. The number of carbonyl (C=O) groups is 1. The van der Waals surface area contributed by atoms with E-state index in [0.717, 1.165) is 34.8 Å². The molecule has 1 heterocycles. The average molecular weight is 474 g/mol. The lowest BCUT2D eigenvalue weighted by molar-refractivity contribution is -0.384. The van der Waals surface area contributed by atoms with E-state index in [1.54, 1.807) is 19.1 Å².